The van der Waals surface area contributed by atoms with Gasteiger partial charge in [0.2, 0.25) is 11.5 Å². The first-order chi connectivity index (χ1) is 14.6. The molecule has 9 heteroatoms. The summed E-state index contributed by atoms with van der Waals surface area (Å²) >= 11 is 0. The van der Waals surface area contributed by atoms with E-state index in [4.69, 9.17) is 9.47 Å². The fourth-order valence-electron chi connectivity index (χ4n) is 4.14. The quantitative estimate of drug-likeness (QED) is 0.371. The van der Waals surface area contributed by atoms with Crippen molar-refractivity contribution in [3.8, 4) is 11.5 Å². The van der Waals surface area contributed by atoms with E-state index in [0.29, 0.717) is 67.7 Å². The van der Waals surface area contributed by atoms with Gasteiger partial charge in [-0.1, -0.05) is 6.07 Å². The van der Waals surface area contributed by atoms with Gasteiger partial charge in [0, 0.05) is 30.6 Å². The van der Waals surface area contributed by atoms with Crippen molar-refractivity contribution < 1.29 is 19.2 Å². The molecule has 0 atom stereocenters. The molecular weight excluding hydrogens is 388 g/mol. The van der Waals surface area contributed by atoms with Crippen molar-refractivity contribution in [1.29, 1.82) is 0 Å². The molecule has 1 fully saturated rings. The number of benzene rings is 1. The van der Waals surface area contributed by atoms with Gasteiger partial charge in [0.05, 0.1) is 6.20 Å². The lowest BCUT2D eigenvalue weighted by molar-refractivity contribution is -0.389. The minimum atomic E-state index is -0.401. The summed E-state index contributed by atoms with van der Waals surface area (Å²) in [5, 5.41) is 11.7. The number of ketones is 1. The molecule has 4 heterocycles. The van der Waals surface area contributed by atoms with Gasteiger partial charge < -0.3 is 24.5 Å². The molecule has 3 aromatic rings. The number of hydrogen-bond donors (Lipinski definition) is 0. The molecule has 2 aliphatic heterocycles. The lowest BCUT2D eigenvalue weighted by Gasteiger charge is -2.31. The number of rotatable bonds is 4. The van der Waals surface area contributed by atoms with E-state index in [1.54, 1.807) is 42.6 Å². The number of aromatic nitrogens is 2. The van der Waals surface area contributed by atoms with Crippen LogP contribution in [-0.2, 0) is 0 Å². The van der Waals surface area contributed by atoms with Crippen LogP contribution in [-0.4, -0.2) is 46.4 Å². The van der Waals surface area contributed by atoms with Crippen molar-refractivity contribution in [2.75, 3.05) is 31.2 Å². The molecule has 0 aliphatic carbocycles. The summed E-state index contributed by atoms with van der Waals surface area (Å²) in [6.07, 6.45) is 2.86. The molecule has 2 aromatic heterocycles. The highest BCUT2D eigenvalue weighted by Gasteiger charge is 2.32. The molecule has 154 valence electrons. The van der Waals surface area contributed by atoms with Gasteiger partial charge >= 0.3 is 5.82 Å². The average Bonchev–Trinajstić information content (AvgIpc) is 3.18. The third-order valence-corrected chi connectivity index (χ3v) is 5.65. The van der Waals surface area contributed by atoms with Crippen molar-refractivity contribution >= 4 is 23.1 Å². The Hall–Kier alpha value is -3.62. The van der Waals surface area contributed by atoms with Crippen LogP contribution in [0.1, 0.15) is 23.2 Å². The highest BCUT2D eigenvalue weighted by Crippen LogP contribution is 2.35. The number of hydrogen-bond acceptors (Lipinski definition) is 7. The van der Waals surface area contributed by atoms with Crippen LogP contribution in [0.25, 0.3) is 5.65 Å². The number of carbonyl (C=O) groups excluding carboxylic acids is 1. The van der Waals surface area contributed by atoms with Crippen LogP contribution >= 0.6 is 0 Å². The van der Waals surface area contributed by atoms with E-state index in [1.807, 2.05) is 4.90 Å². The molecule has 0 saturated carbocycles. The zero-order chi connectivity index (χ0) is 20.7. The molecule has 1 saturated heterocycles. The Morgan fingerprint density at radius 3 is 2.63 bits per heavy atom. The Bertz CT molecular complexity index is 1130. The van der Waals surface area contributed by atoms with Gasteiger partial charge in [0.1, 0.15) is 13.2 Å². The molecule has 0 radical (unpaired) electrons. The number of nitrogens with zero attached hydrogens (tertiary/aromatic N) is 4. The van der Waals surface area contributed by atoms with Crippen molar-refractivity contribution in [2.24, 2.45) is 5.92 Å². The molecule has 30 heavy (non-hydrogen) atoms. The molecule has 0 N–H and O–H groups in total. The summed E-state index contributed by atoms with van der Waals surface area (Å²) in [7, 11) is 0. The number of ether oxygens (including phenoxy) is 2. The Labute approximate surface area is 172 Å². The fourth-order valence-corrected chi connectivity index (χ4v) is 4.14. The predicted molar refractivity (Wildman–Crippen MR) is 109 cm³/mol. The maximum absolute atomic E-state index is 13.0. The molecule has 5 rings (SSSR count). The number of fused-ring (bicyclic) bond motifs is 2. The number of nitro groups is 1. The van der Waals surface area contributed by atoms with Crippen LogP contribution in [0.4, 0.5) is 11.6 Å². The third-order valence-electron chi connectivity index (χ3n) is 5.65. The van der Waals surface area contributed by atoms with Gasteiger partial charge in [0.15, 0.2) is 17.3 Å². The van der Waals surface area contributed by atoms with Gasteiger partial charge in [-0.05, 0) is 42.0 Å². The van der Waals surface area contributed by atoms with E-state index < -0.39 is 4.92 Å². The van der Waals surface area contributed by atoms with Crippen molar-refractivity contribution in [3.05, 3.63) is 58.3 Å². The second kappa shape index (κ2) is 7.33. The first-order valence-electron chi connectivity index (χ1n) is 9.92. The van der Waals surface area contributed by atoms with Gasteiger partial charge in [0.25, 0.3) is 0 Å². The SMILES string of the molecule is O=C(c1ccc2c(c1)OCCO2)C1CCN(c2nc3ccccn3c2[N+](=O)[O-])CC1. The van der Waals surface area contributed by atoms with Crippen LogP contribution in [0, 0.1) is 16.0 Å². The minimum absolute atomic E-state index is 0.0396. The summed E-state index contributed by atoms with van der Waals surface area (Å²) in [6, 6.07) is 10.6. The van der Waals surface area contributed by atoms with Crippen LogP contribution in [0.5, 0.6) is 11.5 Å². The van der Waals surface area contributed by atoms with Crippen LogP contribution in [0.2, 0.25) is 0 Å². The van der Waals surface area contributed by atoms with Gasteiger partial charge in [-0.25, -0.2) is 0 Å². The zero-order valence-corrected chi connectivity index (χ0v) is 16.2. The van der Waals surface area contributed by atoms with Crippen LogP contribution in [0.3, 0.4) is 0 Å². The Morgan fingerprint density at radius 1 is 1.10 bits per heavy atom. The van der Waals surface area contributed by atoms with Crippen LogP contribution < -0.4 is 14.4 Å². The predicted octanol–water partition coefficient (Wildman–Crippen LogP) is 3.11. The number of imidazole rings is 1. The highest BCUT2D eigenvalue weighted by atomic mass is 16.6. The second-order valence-corrected chi connectivity index (χ2v) is 7.43. The minimum Gasteiger partial charge on any atom is -0.486 e. The summed E-state index contributed by atoms with van der Waals surface area (Å²) in [5.41, 5.74) is 1.14. The van der Waals surface area contributed by atoms with E-state index in [9.17, 15) is 14.9 Å². The van der Waals surface area contributed by atoms with Gasteiger partial charge in [-0.3, -0.25) is 4.79 Å². The monoisotopic (exact) mass is 408 g/mol. The summed E-state index contributed by atoms with van der Waals surface area (Å²) in [6.45, 7) is 2.05. The fraction of sp³-hybridized carbons (Fsp3) is 0.333. The van der Waals surface area contributed by atoms with Gasteiger partial charge in [-0.2, -0.15) is 9.38 Å². The summed E-state index contributed by atoms with van der Waals surface area (Å²) < 4.78 is 12.6. The zero-order valence-electron chi connectivity index (χ0n) is 16.2. The number of piperidine rings is 1. The molecule has 9 nitrogen and oxygen atoms in total. The maximum atomic E-state index is 13.0. The Morgan fingerprint density at radius 2 is 1.87 bits per heavy atom. The van der Waals surface area contributed by atoms with Crippen LogP contribution in [0.15, 0.2) is 42.6 Å². The van der Waals surface area contributed by atoms with E-state index in [0.717, 1.165) is 0 Å². The van der Waals surface area contributed by atoms with Gasteiger partial charge in [-0.15, -0.1) is 0 Å². The molecular formula is C21H20N4O5. The second-order valence-electron chi connectivity index (χ2n) is 7.43. The molecule has 0 spiro atoms. The largest absolute Gasteiger partial charge is 0.486 e. The standard InChI is InChI=1S/C21H20N4O5/c26-19(15-4-5-16-17(13-15)30-12-11-29-16)14-6-9-23(10-7-14)20-21(25(27)28)24-8-2-1-3-18(24)22-20/h1-5,8,13-14H,6-7,9-12H2. The lowest BCUT2D eigenvalue weighted by atomic mass is 9.88. The molecule has 0 amide bonds. The van der Waals surface area contributed by atoms with E-state index in [1.165, 1.54) is 4.40 Å². The highest BCUT2D eigenvalue weighted by molar-refractivity contribution is 5.98. The molecule has 0 unspecified atom stereocenters. The topological polar surface area (TPSA) is 99.2 Å². The third kappa shape index (κ3) is 3.12. The first kappa shape index (κ1) is 18.4. The number of Topliss-reactive ketones (excluding diaryl/α,β-unsaturated/α-hetero) is 1. The lowest BCUT2D eigenvalue weighted by Crippen LogP contribution is -2.37. The summed E-state index contributed by atoms with van der Waals surface area (Å²) in [4.78, 5) is 30.6. The molecule has 0 bridgehead atoms. The van der Waals surface area contributed by atoms with Crippen molar-refractivity contribution in [2.45, 2.75) is 12.8 Å². The van der Waals surface area contributed by atoms with Crippen molar-refractivity contribution in [1.82, 2.24) is 9.38 Å². The Kier molecular flexibility index (Phi) is 4.50. The van der Waals surface area contributed by atoms with Crippen molar-refractivity contribution in [3.63, 3.8) is 0 Å². The first-order valence-corrected chi connectivity index (χ1v) is 9.92. The normalized spacial score (nSPS) is 16.6. The van der Waals surface area contributed by atoms with E-state index in [2.05, 4.69) is 4.98 Å². The van der Waals surface area contributed by atoms with E-state index >= 15 is 0 Å². The van der Waals surface area contributed by atoms with E-state index in [-0.39, 0.29) is 17.5 Å². The maximum Gasteiger partial charge on any atom is 0.372 e. The number of carbonyl (C=O) groups is 1. The summed E-state index contributed by atoms with van der Waals surface area (Å²) in [5.74, 6) is 1.51. The molecule has 1 aromatic carbocycles. The molecule has 2 aliphatic rings. The average molecular weight is 408 g/mol. The number of pyridine rings is 1. The number of anilines is 1. The Balaban J connectivity index is 1.33. The smallest absolute Gasteiger partial charge is 0.372 e.